The minimum Gasteiger partial charge on any atom is -0.480 e. The summed E-state index contributed by atoms with van der Waals surface area (Å²) in [7, 11) is 1.49. The van der Waals surface area contributed by atoms with Crippen molar-refractivity contribution in [2.45, 2.75) is 24.9 Å². The van der Waals surface area contributed by atoms with Crippen LogP contribution in [0.1, 0.15) is 18.5 Å². The van der Waals surface area contributed by atoms with Gasteiger partial charge in [0.1, 0.15) is 11.2 Å². The molecule has 3 rings (SSSR count). The summed E-state index contributed by atoms with van der Waals surface area (Å²) in [5.74, 6) is -0.911. The van der Waals surface area contributed by atoms with Gasteiger partial charge in [0.05, 0.1) is 17.3 Å². The number of rotatable bonds is 5. The van der Waals surface area contributed by atoms with Gasteiger partial charge in [-0.05, 0) is 31.5 Å². The third kappa shape index (κ3) is 2.90. The molecular formula is C16H18ClN3O4. The molecule has 3 heterocycles. The van der Waals surface area contributed by atoms with E-state index in [9.17, 15) is 14.7 Å². The number of halogens is 1. The Morgan fingerprint density at radius 1 is 1.50 bits per heavy atom. The summed E-state index contributed by atoms with van der Waals surface area (Å²) in [6.45, 7) is 1.01. The van der Waals surface area contributed by atoms with Crippen molar-refractivity contribution in [1.82, 2.24) is 14.3 Å². The second kappa shape index (κ2) is 6.51. The van der Waals surface area contributed by atoms with Gasteiger partial charge in [0, 0.05) is 25.9 Å². The lowest BCUT2D eigenvalue weighted by Crippen LogP contribution is -2.53. The summed E-state index contributed by atoms with van der Waals surface area (Å²) >= 11 is 5.90. The number of hydrogen-bond acceptors (Lipinski definition) is 5. The molecule has 2 aromatic heterocycles. The topological polar surface area (TPSA) is 84.1 Å². The Balaban J connectivity index is 1.95. The highest BCUT2D eigenvalue weighted by Crippen LogP contribution is 2.31. The van der Waals surface area contributed by atoms with Gasteiger partial charge in [-0.3, -0.25) is 18.9 Å². The van der Waals surface area contributed by atoms with E-state index in [1.54, 1.807) is 12.1 Å². The first-order valence-electron chi connectivity index (χ1n) is 7.61. The van der Waals surface area contributed by atoms with E-state index >= 15 is 0 Å². The minimum absolute atomic E-state index is 0.102. The van der Waals surface area contributed by atoms with Crippen molar-refractivity contribution in [3.8, 4) is 0 Å². The van der Waals surface area contributed by atoms with Crippen LogP contribution in [0.4, 0.5) is 0 Å². The number of carboxylic acids is 1. The van der Waals surface area contributed by atoms with E-state index in [-0.39, 0.29) is 18.7 Å². The van der Waals surface area contributed by atoms with E-state index in [0.717, 1.165) is 6.42 Å². The number of pyridine rings is 1. The van der Waals surface area contributed by atoms with Gasteiger partial charge in [-0.1, -0.05) is 11.6 Å². The number of aliphatic carboxylic acids is 1. The molecule has 0 amide bonds. The molecule has 0 bridgehead atoms. The van der Waals surface area contributed by atoms with Gasteiger partial charge in [0.15, 0.2) is 0 Å². The molecule has 0 aliphatic carbocycles. The molecule has 0 spiro atoms. The van der Waals surface area contributed by atoms with Crippen LogP contribution in [0.15, 0.2) is 29.2 Å². The molecule has 128 valence electrons. The number of ether oxygens (including phenoxy) is 1. The average molecular weight is 352 g/mol. The van der Waals surface area contributed by atoms with Crippen LogP contribution in [-0.2, 0) is 16.1 Å². The molecule has 1 unspecified atom stereocenters. The van der Waals surface area contributed by atoms with Crippen molar-refractivity contribution in [2.24, 2.45) is 0 Å². The maximum atomic E-state index is 12.3. The number of nitrogens with zero attached hydrogens (tertiary/aromatic N) is 3. The number of carbonyl (C=O) groups is 1. The van der Waals surface area contributed by atoms with Crippen molar-refractivity contribution < 1.29 is 14.6 Å². The van der Waals surface area contributed by atoms with Crippen LogP contribution in [0, 0.1) is 0 Å². The molecule has 1 fully saturated rings. The summed E-state index contributed by atoms with van der Waals surface area (Å²) in [5.41, 5.74) is -0.300. The summed E-state index contributed by atoms with van der Waals surface area (Å²) in [6, 6.07) is 4.74. The van der Waals surface area contributed by atoms with E-state index in [1.807, 2.05) is 4.90 Å². The van der Waals surface area contributed by atoms with Gasteiger partial charge < -0.3 is 9.84 Å². The molecule has 8 heteroatoms. The van der Waals surface area contributed by atoms with E-state index in [2.05, 4.69) is 4.98 Å². The van der Waals surface area contributed by atoms with Gasteiger partial charge in [0.25, 0.3) is 5.56 Å². The molecule has 7 nitrogen and oxygen atoms in total. The molecule has 1 saturated heterocycles. The molecule has 1 N–H and O–H groups in total. The number of fused-ring (bicyclic) bond motifs is 1. The monoisotopic (exact) mass is 351 g/mol. The van der Waals surface area contributed by atoms with E-state index in [4.69, 9.17) is 16.3 Å². The van der Waals surface area contributed by atoms with Gasteiger partial charge in [-0.2, -0.15) is 0 Å². The zero-order chi connectivity index (χ0) is 17.3. The predicted molar refractivity (Wildman–Crippen MR) is 88.4 cm³/mol. The zero-order valence-electron chi connectivity index (χ0n) is 13.2. The number of methoxy groups -OCH3 is 1. The van der Waals surface area contributed by atoms with Gasteiger partial charge >= 0.3 is 5.97 Å². The summed E-state index contributed by atoms with van der Waals surface area (Å²) in [5, 5.41) is 10.1. The molecular weight excluding hydrogens is 334 g/mol. The Hall–Kier alpha value is -1.96. The van der Waals surface area contributed by atoms with Gasteiger partial charge in [0.2, 0.25) is 0 Å². The third-order valence-corrected chi connectivity index (χ3v) is 4.66. The molecule has 1 atom stereocenters. The SMILES string of the molecule is COCC1(C(=O)O)CCCN1Cc1cc(=O)n2cc(Cl)ccc2n1. The van der Waals surface area contributed by atoms with Crippen LogP contribution in [-0.4, -0.2) is 51.2 Å². The fourth-order valence-corrected chi connectivity index (χ4v) is 3.43. The molecule has 0 radical (unpaired) electrons. The Kier molecular flexibility index (Phi) is 4.58. The van der Waals surface area contributed by atoms with Crippen molar-refractivity contribution in [3.63, 3.8) is 0 Å². The molecule has 24 heavy (non-hydrogen) atoms. The third-order valence-electron chi connectivity index (χ3n) is 4.43. The van der Waals surface area contributed by atoms with Crippen molar-refractivity contribution in [2.75, 3.05) is 20.3 Å². The van der Waals surface area contributed by atoms with Crippen LogP contribution < -0.4 is 5.56 Å². The summed E-state index contributed by atoms with van der Waals surface area (Å²) < 4.78 is 6.51. The lowest BCUT2D eigenvalue weighted by atomic mass is 9.97. The number of likely N-dealkylation sites (tertiary alicyclic amines) is 1. The first-order chi connectivity index (χ1) is 11.5. The lowest BCUT2D eigenvalue weighted by Gasteiger charge is -2.33. The van der Waals surface area contributed by atoms with Crippen molar-refractivity contribution in [3.05, 3.63) is 45.5 Å². The standard InChI is InChI=1S/C16H18ClN3O4/c1-24-10-16(15(22)23)5-2-6-19(16)9-12-7-14(21)20-8-11(17)3-4-13(20)18-12/h3-4,7-8H,2,5-6,9-10H2,1H3,(H,22,23). The number of aromatic nitrogens is 2. The fraction of sp³-hybridized carbons (Fsp3) is 0.438. The largest absolute Gasteiger partial charge is 0.480 e. The van der Waals surface area contributed by atoms with E-state index in [0.29, 0.717) is 29.3 Å². The highest BCUT2D eigenvalue weighted by atomic mass is 35.5. The highest BCUT2D eigenvalue weighted by molar-refractivity contribution is 6.30. The molecule has 0 aromatic carbocycles. The smallest absolute Gasteiger partial charge is 0.326 e. The predicted octanol–water partition coefficient (Wildman–Crippen LogP) is 1.41. The first-order valence-corrected chi connectivity index (χ1v) is 7.99. The van der Waals surface area contributed by atoms with Crippen LogP contribution in [0.5, 0.6) is 0 Å². The first kappa shape index (κ1) is 16.9. The number of carboxylic acid groups (broad SMARTS) is 1. The molecule has 1 aliphatic heterocycles. The van der Waals surface area contributed by atoms with E-state index < -0.39 is 11.5 Å². The molecule has 1 aliphatic rings. The van der Waals surface area contributed by atoms with Gasteiger partial charge in [-0.25, -0.2) is 4.98 Å². The second-order valence-corrected chi connectivity index (χ2v) is 6.39. The maximum absolute atomic E-state index is 12.3. The van der Waals surface area contributed by atoms with Crippen molar-refractivity contribution in [1.29, 1.82) is 0 Å². The van der Waals surface area contributed by atoms with Crippen LogP contribution in [0.25, 0.3) is 5.65 Å². The van der Waals surface area contributed by atoms with Crippen LogP contribution in [0.3, 0.4) is 0 Å². The summed E-state index contributed by atoms with van der Waals surface area (Å²) in [4.78, 5) is 30.3. The quantitative estimate of drug-likeness (QED) is 0.877. The van der Waals surface area contributed by atoms with Gasteiger partial charge in [-0.15, -0.1) is 0 Å². The molecule has 0 saturated carbocycles. The highest BCUT2D eigenvalue weighted by Gasteiger charge is 2.47. The maximum Gasteiger partial charge on any atom is 0.326 e. The number of hydrogen-bond donors (Lipinski definition) is 1. The average Bonchev–Trinajstić information content (AvgIpc) is 2.92. The van der Waals surface area contributed by atoms with Crippen LogP contribution in [0.2, 0.25) is 5.02 Å². The Morgan fingerprint density at radius 3 is 3.00 bits per heavy atom. The van der Waals surface area contributed by atoms with E-state index in [1.165, 1.54) is 23.8 Å². The molecule has 2 aromatic rings. The van der Waals surface area contributed by atoms with Crippen molar-refractivity contribution >= 4 is 23.2 Å². The summed E-state index contributed by atoms with van der Waals surface area (Å²) in [6.07, 6.45) is 2.79. The Morgan fingerprint density at radius 2 is 2.29 bits per heavy atom. The second-order valence-electron chi connectivity index (χ2n) is 5.96. The lowest BCUT2D eigenvalue weighted by molar-refractivity contribution is -0.153. The Bertz CT molecular complexity index is 838. The Labute approximate surface area is 143 Å². The minimum atomic E-state index is -1.07. The zero-order valence-corrected chi connectivity index (χ0v) is 14.0. The van der Waals surface area contributed by atoms with Crippen LogP contribution >= 0.6 is 11.6 Å². The normalized spacial score (nSPS) is 21.4. The fourth-order valence-electron chi connectivity index (χ4n) is 3.27.